The van der Waals surface area contributed by atoms with Crippen LogP contribution in [-0.2, 0) is 4.79 Å². The van der Waals surface area contributed by atoms with Gasteiger partial charge in [0.15, 0.2) is 0 Å². The average Bonchev–Trinajstić information content (AvgIpc) is 3.08. The number of nitrogens with zero attached hydrogens (tertiary/aromatic N) is 2. The number of carbonyl (C=O) groups is 1. The van der Waals surface area contributed by atoms with Crippen LogP contribution in [0.1, 0.15) is 19.3 Å². The first-order chi connectivity index (χ1) is 11.6. The van der Waals surface area contributed by atoms with Crippen molar-refractivity contribution in [1.82, 2.24) is 10.2 Å². The van der Waals surface area contributed by atoms with Crippen molar-refractivity contribution >= 4 is 35.0 Å². The number of piperazine rings is 1. The summed E-state index contributed by atoms with van der Waals surface area (Å²) in [5.74, 6) is 0.830. The minimum absolute atomic E-state index is 0.219. The summed E-state index contributed by atoms with van der Waals surface area (Å²) in [7, 11) is 0. The van der Waals surface area contributed by atoms with E-state index < -0.39 is 0 Å². The van der Waals surface area contributed by atoms with Crippen LogP contribution >= 0.6 is 23.4 Å². The molecule has 1 aromatic carbocycles. The number of hydrogen-bond acceptors (Lipinski definition) is 4. The maximum absolute atomic E-state index is 13.1. The molecular formula is C17H21ClFN3OS. The maximum atomic E-state index is 13.1. The van der Waals surface area contributed by atoms with Gasteiger partial charge in [-0.3, -0.25) is 4.79 Å². The number of carbonyl (C=O) groups excluding carboxylic acids is 1. The summed E-state index contributed by atoms with van der Waals surface area (Å²) in [6.07, 6.45) is 4.49. The summed E-state index contributed by atoms with van der Waals surface area (Å²) < 4.78 is 13.1. The van der Waals surface area contributed by atoms with Gasteiger partial charge in [0.2, 0.25) is 5.91 Å². The highest BCUT2D eigenvalue weighted by molar-refractivity contribution is 8.03. The molecule has 3 rings (SSSR count). The van der Waals surface area contributed by atoms with Gasteiger partial charge in [0.1, 0.15) is 5.82 Å². The molecular weight excluding hydrogens is 349 g/mol. The van der Waals surface area contributed by atoms with E-state index >= 15 is 0 Å². The van der Waals surface area contributed by atoms with Crippen LogP contribution in [0, 0.1) is 5.82 Å². The van der Waals surface area contributed by atoms with Gasteiger partial charge in [0.05, 0.1) is 16.6 Å². The molecule has 0 aromatic heterocycles. The molecule has 1 N–H and O–H groups in total. The summed E-state index contributed by atoms with van der Waals surface area (Å²) in [4.78, 5) is 17.7. The number of thioether (sulfide) groups is 1. The Balaban J connectivity index is 1.44. The first-order valence-corrected chi connectivity index (χ1v) is 9.53. The van der Waals surface area contributed by atoms with E-state index in [0.29, 0.717) is 24.5 Å². The van der Waals surface area contributed by atoms with Gasteiger partial charge >= 0.3 is 0 Å². The Kier molecular flexibility index (Phi) is 5.89. The molecule has 0 radical (unpaired) electrons. The summed E-state index contributed by atoms with van der Waals surface area (Å²) in [5.41, 5.74) is 0.836. The summed E-state index contributed by atoms with van der Waals surface area (Å²) in [6.45, 7) is 2.82. The predicted octanol–water partition coefficient (Wildman–Crippen LogP) is 3.43. The number of allylic oxidation sites excluding steroid dienone is 1. The molecule has 1 aromatic rings. The fraction of sp³-hybridized carbons (Fsp3) is 0.471. The third-order valence-corrected chi connectivity index (χ3v) is 5.61. The average molecular weight is 370 g/mol. The first-order valence-electron chi connectivity index (χ1n) is 8.16. The number of benzene rings is 1. The molecule has 1 fully saturated rings. The van der Waals surface area contributed by atoms with Gasteiger partial charge in [-0.15, -0.1) is 11.8 Å². The molecule has 0 unspecified atom stereocenters. The smallest absolute Gasteiger partial charge is 0.222 e. The Morgan fingerprint density at radius 2 is 2.08 bits per heavy atom. The molecule has 0 spiro atoms. The normalized spacial score (nSPS) is 17.7. The Hall–Kier alpha value is -1.40. The van der Waals surface area contributed by atoms with E-state index in [0.717, 1.165) is 37.5 Å². The van der Waals surface area contributed by atoms with Gasteiger partial charge in [-0.1, -0.05) is 11.6 Å². The second kappa shape index (κ2) is 8.12. The van der Waals surface area contributed by atoms with Crippen molar-refractivity contribution in [2.75, 3.05) is 37.0 Å². The number of nitrogens with one attached hydrogen (secondary N) is 1. The van der Waals surface area contributed by atoms with E-state index in [-0.39, 0.29) is 11.7 Å². The SMILES string of the molecule is O=C(CCCC1=CNCS1)N1CCN(c2ccc(F)cc2Cl)CC1. The minimum Gasteiger partial charge on any atom is -0.381 e. The molecule has 7 heteroatoms. The Labute approximate surface area is 151 Å². The van der Waals surface area contributed by atoms with Gasteiger partial charge < -0.3 is 15.1 Å². The Bertz CT molecular complexity index is 632. The molecule has 2 aliphatic rings. The van der Waals surface area contributed by atoms with Crippen LogP contribution in [0.2, 0.25) is 5.02 Å². The van der Waals surface area contributed by atoms with Gasteiger partial charge in [0.25, 0.3) is 0 Å². The lowest BCUT2D eigenvalue weighted by Crippen LogP contribution is -2.48. The van der Waals surface area contributed by atoms with Crippen molar-refractivity contribution in [3.8, 4) is 0 Å². The fourth-order valence-electron chi connectivity index (χ4n) is 2.98. The van der Waals surface area contributed by atoms with Crippen molar-refractivity contribution in [2.24, 2.45) is 0 Å². The van der Waals surface area contributed by atoms with Crippen LogP contribution in [0.25, 0.3) is 0 Å². The first kappa shape index (κ1) is 17.4. The molecule has 0 aliphatic carbocycles. The molecule has 0 atom stereocenters. The van der Waals surface area contributed by atoms with Gasteiger partial charge in [0, 0.05) is 43.7 Å². The van der Waals surface area contributed by atoms with Crippen molar-refractivity contribution in [2.45, 2.75) is 19.3 Å². The van der Waals surface area contributed by atoms with Crippen LogP contribution in [0.3, 0.4) is 0 Å². The van der Waals surface area contributed by atoms with Crippen molar-refractivity contribution in [1.29, 1.82) is 0 Å². The zero-order valence-electron chi connectivity index (χ0n) is 13.4. The second-order valence-electron chi connectivity index (χ2n) is 5.92. The minimum atomic E-state index is -0.330. The van der Waals surface area contributed by atoms with E-state index in [2.05, 4.69) is 10.2 Å². The zero-order chi connectivity index (χ0) is 16.9. The molecule has 0 saturated carbocycles. The third kappa shape index (κ3) is 4.36. The van der Waals surface area contributed by atoms with Gasteiger partial charge in [-0.2, -0.15) is 0 Å². The zero-order valence-corrected chi connectivity index (χ0v) is 15.0. The highest BCUT2D eigenvalue weighted by Gasteiger charge is 2.22. The van der Waals surface area contributed by atoms with E-state index in [9.17, 15) is 9.18 Å². The molecule has 1 amide bonds. The lowest BCUT2D eigenvalue weighted by molar-refractivity contribution is -0.131. The number of hydrogen-bond donors (Lipinski definition) is 1. The molecule has 1 saturated heterocycles. The van der Waals surface area contributed by atoms with Crippen molar-refractivity contribution in [3.63, 3.8) is 0 Å². The summed E-state index contributed by atoms with van der Waals surface area (Å²) >= 11 is 7.93. The molecule has 24 heavy (non-hydrogen) atoms. The molecule has 4 nitrogen and oxygen atoms in total. The van der Waals surface area contributed by atoms with Gasteiger partial charge in [-0.05, 0) is 31.0 Å². The number of rotatable bonds is 5. The highest BCUT2D eigenvalue weighted by Crippen LogP contribution is 2.28. The van der Waals surface area contributed by atoms with E-state index in [4.69, 9.17) is 11.6 Å². The van der Waals surface area contributed by atoms with Crippen LogP contribution in [0.5, 0.6) is 0 Å². The third-order valence-electron chi connectivity index (χ3n) is 4.30. The second-order valence-corrected chi connectivity index (χ2v) is 7.43. The van der Waals surface area contributed by atoms with Crippen molar-refractivity contribution in [3.05, 3.63) is 40.1 Å². The maximum Gasteiger partial charge on any atom is 0.222 e. The van der Waals surface area contributed by atoms with Gasteiger partial charge in [-0.25, -0.2) is 4.39 Å². The monoisotopic (exact) mass is 369 g/mol. The summed E-state index contributed by atoms with van der Waals surface area (Å²) in [5, 5.41) is 3.59. The Morgan fingerprint density at radius 1 is 1.29 bits per heavy atom. The topological polar surface area (TPSA) is 35.6 Å². The standard InChI is InChI=1S/C17H21ClFN3OS/c18-15-10-13(19)4-5-16(15)21-6-8-22(9-7-21)17(23)3-1-2-14-11-20-12-24-14/h4-5,10-11,20H,1-3,6-9,12H2. The van der Waals surface area contributed by atoms with Crippen LogP contribution in [0.4, 0.5) is 10.1 Å². The molecule has 2 aliphatic heterocycles. The number of anilines is 1. The van der Waals surface area contributed by atoms with Crippen LogP contribution in [-0.4, -0.2) is 42.9 Å². The predicted molar refractivity (Wildman–Crippen MR) is 97.7 cm³/mol. The number of amides is 1. The largest absolute Gasteiger partial charge is 0.381 e. The van der Waals surface area contributed by atoms with E-state index in [1.807, 2.05) is 22.9 Å². The molecule has 130 valence electrons. The number of halogens is 2. The van der Waals surface area contributed by atoms with Crippen LogP contribution in [0.15, 0.2) is 29.3 Å². The van der Waals surface area contributed by atoms with Crippen molar-refractivity contribution < 1.29 is 9.18 Å². The Morgan fingerprint density at radius 3 is 2.75 bits per heavy atom. The fourth-order valence-corrected chi connectivity index (χ4v) is 4.08. The molecule has 0 bridgehead atoms. The molecule has 2 heterocycles. The lowest BCUT2D eigenvalue weighted by atomic mass is 10.2. The van der Waals surface area contributed by atoms with Crippen LogP contribution < -0.4 is 10.2 Å². The van der Waals surface area contributed by atoms with E-state index in [1.54, 1.807) is 6.07 Å². The summed E-state index contributed by atoms with van der Waals surface area (Å²) in [6, 6.07) is 4.46. The van der Waals surface area contributed by atoms with E-state index in [1.165, 1.54) is 17.0 Å². The lowest BCUT2D eigenvalue weighted by Gasteiger charge is -2.36. The quantitative estimate of drug-likeness (QED) is 0.862. The highest BCUT2D eigenvalue weighted by atomic mass is 35.5.